The van der Waals surface area contributed by atoms with Crippen LogP contribution in [0.4, 0.5) is 0 Å². The zero-order valence-electron chi connectivity index (χ0n) is 15.6. The fraction of sp³-hybridized carbons (Fsp3) is 0.429. The van der Waals surface area contributed by atoms with Crippen LogP contribution in [0.3, 0.4) is 0 Å². The molecular weight excluding hydrogens is 326 g/mol. The van der Waals surface area contributed by atoms with Crippen LogP contribution >= 0.6 is 0 Å². The van der Waals surface area contributed by atoms with Gasteiger partial charge in [0.1, 0.15) is 0 Å². The van der Waals surface area contributed by atoms with E-state index >= 15 is 0 Å². The Morgan fingerprint density at radius 2 is 2.08 bits per heavy atom. The van der Waals surface area contributed by atoms with E-state index in [0.29, 0.717) is 6.42 Å². The summed E-state index contributed by atoms with van der Waals surface area (Å²) in [4.78, 5) is 19.1. The molecule has 5 nitrogen and oxygen atoms in total. The molecule has 1 aromatic heterocycles. The van der Waals surface area contributed by atoms with E-state index in [9.17, 15) is 4.79 Å². The van der Waals surface area contributed by atoms with Crippen LogP contribution in [0.5, 0.6) is 0 Å². The van der Waals surface area contributed by atoms with E-state index in [2.05, 4.69) is 47.2 Å². The Morgan fingerprint density at radius 1 is 1.27 bits per heavy atom. The second-order valence-corrected chi connectivity index (χ2v) is 6.85. The minimum Gasteiger partial charge on any atom is -0.379 e. The molecule has 5 heteroatoms. The number of carbonyl (C=O) groups is 1. The van der Waals surface area contributed by atoms with Crippen molar-refractivity contribution in [2.45, 2.75) is 26.3 Å². The molecule has 1 amide bonds. The summed E-state index contributed by atoms with van der Waals surface area (Å²) >= 11 is 0. The second-order valence-electron chi connectivity index (χ2n) is 6.85. The molecule has 1 atom stereocenters. The van der Waals surface area contributed by atoms with Gasteiger partial charge in [0, 0.05) is 38.4 Å². The average Bonchev–Trinajstić information content (AvgIpc) is 2.66. The molecule has 1 aliphatic heterocycles. The number of nitrogens with one attached hydrogen (secondary N) is 1. The third kappa shape index (κ3) is 4.90. The minimum absolute atomic E-state index is 0.0605. The number of benzene rings is 1. The lowest BCUT2D eigenvalue weighted by molar-refractivity contribution is -0.122. The molecule has 1 N–H and O–H groups in total. The Bertz CT molecular complexity index is 727. The van der Waals surface area contributed by atoms with Crippen LogP contribution < -0.4 is 5.32 Å². The van der Waals surface area contributed by atoms with E-state index in [-0.39, 0.29) is 11.9 Å². The number of ether oxygens (including phenoxy) is 1. The van der Waals surface area contributed by atoms with Crippen molar-refractivity contribution in [1.82, 2.24) is 15.2 Å². The molecule has 1 aromatic carbocycles. The molecule has 0 unspecified atom stereocenters. The van der Waals surface area contributed by atoms with Crippen molar-refractivity contribution in [3.05, 3.63) is 65.0 Å². The van der Waals surface area contributed by atoms with E-state index in [1.54, 1.807) is 6.20 Å². The van der Waals surface area contributed by atoms with Gasteiger partial charge >= 0.3 is 0 Å². The number of aryl methyl sites for hydroxylation is 2. The minimum atomic E-state index is -0.179. The van der Waals surface area contributed by atoms with Crippen molar-refractivity contribution < 1.29 is 9.53 Å². The summed E-state index contributed by atoms with van der Waals surface area (Å²) in [5, 5.41) is 3.21. The van der Waals surface area contributed by atoms with Crippen molar-refractivity contribution in [3.8, 4) is 0 Å². The highest BCUT2D eigenvalue weighted by Crippen LogP contribution is 2.25. The quantitative estimate of drug-likeness (QED) is 0.867. The Labute approximate surface area is 155 Å². The van der Waals surface area contributed by atoms with Gasteiger partial charge in [-0.1, -0.05) is 29.8 Å². The van der Waals surface area contributed by atoms with Gasteiger partial charge in [-0.25, -0.2) is 0 Å². The van der Waals surface area contributed by atoms with Crippen LogP contribution in [0.15, 0.2) is 42.7 Å². The molecule has 1 saturated heterocycles. The van der Waals surface area contributed by atoms with Crippen LogP contribution in [0, 0.1) is 13.8 Å². The van der Waals surface area contributed by atoms with E-state index in [1.165, 1.54) is 11.1 Å². The Hall–Kier alpha value is -2.24. The summed E-state index contributed by atoms with van der Waals surface area (Å²) in [5.74, 6) is 0.0605. The fourth-order valence-corrected chi connectivity index (χ4v) is 3.35. The zero-order chi connectivity index (χ0) is 18.4. The topological polar surface area (TPSA) is 54.5 Å². The van der Waals surface area contributed by atoms with E-state index < -0.39 is 0 Å². The molecule has 2 heterocycles. The predicted octanol–water partition coefficient (Wildman–Crippen LogP) is 2.63. The molecule has 3 rings (SSSR count). The van der Waals surface area contributed by atoms with Gasteiger partial charge in [0.25, 0.3) is 0 Å². The maximum atomic E-state index is 12.6. The van der Waals surface area contributed by atoms with Gasteiger partial charge in [-0.15, -0.1) is 0 Å². The predicted molar refractivity (Wildman–Crippen MR) is 102 cm³/mol. The highest BCUT2D eigenvalue weighted by molar-refractivity contribution is 5.77. The van der Waals surface area contributed by atoms with Crippen LogP contribution in [0.25, 0.3) is 0 Å². The van der Waals surface area contributed by atoms with Crippen molar-refractivity contribution in [2.75, 3.05) is 32.8 Å². The van der Waals surface area contributed by atoms with Crippen molar-refractivity contribution in [1.29, 1.82) is 0 Å². The summed E-state index contributed by atoms with van der Waals surface area (Å²) in [6.45, 7) is 8.24. The SMILES string of the molecule is Cc1ccc([C@H](NC(=O)CCN2CCOCC2)c2cccnc2)c(C)c1. The van der Waals surface area contributed by atoms with E-state index in [1.807, 2.05) is 18.3 Å². The molecule has 1 aliphatic rings. The summed E-state index contributed by atoms with van der Waals surface area (Å²) in [7, 11) is 0. The van der Waals surface area contributed by atoms with Gasteiger partial charge in [-0.3, -0.25) is 14.7 Å². The van der Waals surface area contributed by atoms with Gasteiger partial charge in [-0.05, 0) is 36.6 Å². The number of nitrogens with zero attached hydrogens (tertiary/aromatic N) is 2. The molecule has 26 heavy (non-hydrogen) atoms. The number of amides is 1. The first-order valence-electron chi connectivity index (χ1n) is 9.20. The highest BCUT2D eigenvalue weighted by atomic mass is 16.5. The molecular formula is C21H27N3O2. The zero-order valence-corrected chi connectivity index (χ0v) is 15.6. The second kappa shape index (κ2) is 8.92. The molecule has 0 bridgehead atoms. The number of rotatable bonds is 6. The smallest absolute Gasteiger partial charge is 0.222 e. The van der Waals surface area contributed by atoms with Gasteiger partial charge in [0.2, 0.25) is 5.91 Å². The summed E-state index contributed by atoms with van der Waals surface area (Å²) in [5.41, 5.74) is 4.50. The number of pyridine rings is 1. The first kappa shape index (κ1) is 18.5. The normalized spacial score (nSPS) is 16.2. The van der Waals surface area contributed by atoms with Crippen LogP contribution in [-0.4, -0.2) is 48.6 Å². The lowest BCUT2D eigenvalue weighted by Gasteiger charge is -2.27. The molecule has 0 radical (unpaired) electrons. The van der Waals surface area contributed by atoms with Crippen LogP contribution in [-0.2, 0) is 9.53 Å². The first-order valence-corrected chi connectivity index (χ1v) is 9.20. The standard InChI is InChI=1S/C21H27N3O2/c1-16-5-6-19(17(2)14-16)21(18-4-3-8-22-15-18)23-20(25)7-9-24-10-12-26-13-11-24/h3-6,8,14-15,21H,7,9-13H2,1-2H3,(H,23,25)/t21-/m1/s1. The van der Waals surface area contributed by atoms with E-state index in [4.69, 9.17) is 4.74 Å². The summed E-state index contributed by atoms with van der Waals surface area (Å²) < 4.78 is 5.36. The number of morpholine rings is 1. The van der Waals surface area contributed by atoms with Gasteiger partial charge in [0.15, 0.2) is 0 Å². The highest BCUT2D eigenvalue weighted by Gasteiger charge is 2.20. The number of carbonyl (C=O) groups excluding carboxylic acids is 1. The Kier molecular flexibility index (Phi) is 6.36. The molecule has 2 aromatic rings. The lowest BCUT2D eigenvalue weighted by Crippen LogP contribution is -2.39. The van der Waals surface area contributed by atoms with Crippen molar-refractivity contribution in [3.63, 3.8) is 0 Å². The molecule has 0 aliphatic carbocycles. The Balaban J connectivity index is 1.72. The van der Waals surface area contributed by atoms with Crippen LogP contribution in [0.2, 0.25) is 0 Å². The third-order valence-electron chi connectivity index (χ3n) is 4.82. The van der Waals surface area contributed by atoms with Crippen molar-refractivity contribution in [2.24, 2.45) is 0 Å². The summed E-state index contributed by atoms with van der Waals surface area (Å²) in [6, 6.07) is 10.1. The monoisotopic (exact) mass is 353 g/mol. The molecule has 1 fully saturated rings. The first-order chi connectivity index (χ1) is 12.6. The molecule has 0 saturated carbocycles. The number of hydrogen-bond acceptors (Lipinski definition) is 4. The third-order valence-corrected chi connectivity index (χ3v) is 4.82. The number of aromatic nitrogens is 1. The van der Waals surface area contributed by atoms with Gasteiger partial charge in [-0.2, -0.15) is 0 Å². The van der Waals surface area contributed by atoms with Crippen molar-refractivity contribution >= 4 is 5.91 Å². The largest absolute Gasteiger partial charge is 0.379 e. The van der Waals surface area contributed by atoms with Gasteiger partial charge in [0.05, 0.1) is 19.3 Å². The fourth-order valence-electron chi connectivity index (χ4n) is 3.35. The molecule has 0 spiro atoms. The Morgan fingerprint density at radius 3 is 2.77 bits per heavy atom. The summed E-state index contributed by atoms with van der Waals surface area (Å²) in [6.07, 6.45) is 4.07. The maximum absolute atomic E-state index is 12.6. The molecule has 138 valence electrons. The lowest BCUT2D eigenvalue weighted by atomic mass is 9.94. The maximum Gasteiger partial charge on any atom is 0.222 e. The van der Waals surface area contributed by atoms with E-state index in [0.717, 1.165) is 44.0 Å². The van der Waals surface area contributed by atoms with Crippen LogP contribution in [0.1, 0.15) is 34.7 Å². The average molecular weight is 353 g/mol. The van der Waals surface area contributed by atoms with Gasteiger partial charge < -0.3 is 10.1 Å². The number of hydrogen-bond donors (Lipinski definition) is 1.